The van der Waals surface area contributed by atoms with Crippen LogP contribution in [-0.4, -0.2) is 53.8 Å². The average molecular weight is 297 g/mol. The second kappa shape index (κ2) is 4.58. The van der Waals surface area contributed by atoms with Gasteiger partial charge in [-0.25, -0.2) is 18.9 Å². The van der Waals surface area contributed by atoms with Gasteiger partial charge in [-0.05, 0) is 13.8 Å². The van der Waals surface area contributed by atoms with E-state index in [2.05, 4.69) is 15.1 Å². The van der Waals surface area contributed by atoms with Crippen LogP contribution in [0.3, 0.4) is 0 Å². The van der Waals surface area contributed by atoms with Crippen molar-refractivity contribution in [2.45, 2.75) is 43.9 Å². The van der Waals surface area contributed by atoms with E-state index in [9.17, 15) is 14.6 Å². The van der Waals surface area contributed by atoms with Gasteiger partial charge >= 0.3 is 0 Å². The molecule has 0 aromatic carbocycles. The number of anilines is 1. The highest BCUT2D eigenvalue weighted by Gasteiger charge is 2.56. The number of alkyl halides is 1. The van der Waals surface area contributed by atoms with Crippen molar-refractivity contribution >= 4 is 11.5 Å². The zero-order valence-electron chi connectivity index (χ0n) is 11.5. The number of nitrogen functional groups attached to an aromatic ring is 1. The van der Waals surface area contributed by atoms with E-state index in [1.807, 2.05) is 0 Å². The molecule has 4 N–H and O–H groups in total. The van der Waals surface area contributed by atoms with Gasteiger partial charge in [0.25, 0.3) is 0 Å². The fourth-order valence-corrected chi connectivity index (χ4v) is 2.61. The maximum absolute atomic E-state index is 14.9. The number of aromatic nitrogens is 4. The summed E-state index contributed by atoms with van der Waals surface area (Å²) in [6.07, 6.45) is -2.04. The molecule has 1 saturated heterocycles. The van der Waals surface area contributed by atoms with Crippen LogP contribution in [0.25, 0.3) is 5.65 Å². The third-order valence-corrected chi connectivity index (χ3v) is 3.80. The minimum absolute atomic E-state index is 0.155. The molecular formula is C12H16FN5O3. The number of halogens is 1. The van der Waals surface area contributed by atoms with Crippen LogP contribution in [0.15, 0.2) is 12.5 Å². The largest absolute Gasteiger partial charge is 0.391 e. The molecule has 9 heteroatoms. The predicted molar refractivity (Wildman–Crippen MR) is 70.0 cm³/mol. The molecule has 0 amide bonds. The summed E-state index contributed by atoms with van der Waals surface area (Å²) in [6, 6.07) is 0. The second-order valence-electron chi connectivity index (χ2n) is 5.38. The number of imidazole rings is 1. The summed E-state index contributed by atoms with van der Waals surface area (Å²) >= 11 is 0. The molecule has 8 nitrogen and oxygen atoms in total. The summed E-state index contributed by atoms with van der Waals surface area (Å²) < 4.78 is 21.7. The number of aliphatic hydroxyl groups is 2. The van der Waals surface area contributed by atoms with Crippen molar-refractivity contribution in [1.29, 1.82) is 0 Å². The van der Waals surface area contributed by atoms with Gasteiger partial charge in [0, 0.05) is 0 Å². The number of rotatable bonds is 2. The highest BCUT2D eigenvalue weighted by atomic mass is 19.1. The SMILES string of the molecule is C[C@H](O)[C@H]1O[C@@H](c2cnc3c(N)ncnn23)[C@](C)(F)[C@@H]1O. The lowest BCUT2D eigenvalue weighted by atomic mass is 9.92. The number of hydrogen-bond acceptors (Lipinski definition) is 7. The van der Waals surface area contributed by atoms with Crippen LogP contribution in [0, 0.1) is 0 Å². The van der Waals surface area contributed by atoms with E-state index >= 15 is 0 Å². The summed E-state index contributed by atoms with van der Waals surface area (Å²) in [5, 5.41) is 23.6. The Kier molecular flexibility index (Phi) is 3.08. The zero-order valence-corrected chi connectivity index (χ0v) is 11.5. The fraction of sp³-hybridized carbons (Fsp3) is 0.583. The quantitative estimate of drug-likeness (QED) is 0.691. The Morgan fingerprint density at radius 1 is 1.52 bits per heavy atom. The van der Waals surface area contributed by atoms with E-state index in [4.69, 9.17) is 10.5 Å². The van der Waals surface area contributed by atoms with Crippen LogP contribution in [0.2, 0.25) is 0 Å². The summed E-state index contributed by atoms with van der Waals surface area (Å²) in [7, 11) is 0. The zero-order chi connectivity index (χ0) is 15.4. The monoisotopic (exact) mass is 297 g/mol. The van der Waals surface area contributed by atoms with E-state index in [1.54, 1.807) is 0 Å². The molecule has 0 saturated carbocycles. The Labute approximate surface area is 119 Å². The summed E-state index contributed by atoms with van der Waals surface area (Å²) in [4.78, 5) is 7.85. The molecule has 0 aliphatic carbocycles. The minimum atomic E-state index is -2.10. The van der Waals surface area contributed by atoms with Crippen LogP contribution in [0.4, 0.5) is 10.2 Å². The molecule has 0 bridgehead atoms. The Bertz CT molecular complexity index is 674. The van der Waals surface area contributed by atoms with Crippen molar-refractivity contribution in [3.8, 4) is 0 Å². The van der Waals surface area contributed by atoms with Crippen LogP contribution in [0.5, 0.6) is 0 Å². The number of fused-ring (bicyclic) bond motifs is 1. The van der Waals surface area contributed by atoms with Crippen molar-refractivity contribution in [2.75, 3.05) is 5.73 Å². The molecule has 0 radical (unpaired) electrons. The van der Waals surface area contributed by atoms with Crippen molar-refractivity contribution in [2.24, 2.45) is 0 Å². The lowest BCUT2D eigenvalue weighted by Gasteiger charge is -2.23. The highest BCUT2D eigenvalue weighted by Crippen LogP contribution is 2.45. The number of nitrogens with zero attached hydrogens (tertiary/aromatic N) is 4. The first-order valence-corrected chi connectivity index (χ1v) is 6.48. The van der Waals surface area contributed by atoms with Crippen molar-refractivity contribution in [3.63, 3.8) is 0 Å². The fourth-order valence-electron chi connectivity index (χ4n) is 2.61. The van der Waals surface area contributed by atoms with Crippen molar-refractivity contribution in [1.82, 2.24) is 19.6 Å². The Hall–Kier alpha value is -1.84. The Morgan fingerprint density at radius 3 is 2.86 bits per heavy atom. The van der Waals surface area contributed by atoms with E-state index < -0.39 is 30.1 Å². The molecule has 114 valence electrons. The molecule has 5 atom stereocenters. The molecule has 3 rings (SSSR count). The molecule has 21 heavy (non-hydrogen) atoms. The summed E-state index contributed by atoms with van der Waals surface area (Å²) in [5.41, 5.74) is 4.16. The smallest absolute Gasteiger partial charge is 0.196 e. The van der Waals surface area contributed by atoms with Crippen molar-refractivity contribution in [3.05, 3.63) is 18.2 Å². The van der Waals surface area contributed by atoms with Gasteiger partial charge in [0.05, 0.1) is 18.0 Å². The van der Waals surface area contributed by atoms with E-state index in [0.717, 1.165) is 0 Å². The molecule has 2 aromatic heterocycles. The first-order chi connectivity index (χ1) is 9.84. The van der Waals surface area contributed by atoms with Crippen LogP contribution in [-0.2, 0) is 4.74 Å². The minimum Gasteiger partial charge on any atom is -0.391 e. The normalized spacial score (nSPS) is 34.4. The average Bonchev–Trinajstić information content (AvgIpc) is 2.92. The lowest BCUT2D eigenvalue weighted by molar-refractivity contribution is -0.0600. The molecule has 1 aliphatic rings. The lowest BCUT2D eigenvalue weighted by Crippen LogP contribution is -2.42. The van der Waals surface area contributed by atoms with Gasteiger partial charge in [0.15, 0.2) is 17.1 Å². The standard InChI is InChI=1S/C12H16FN5O3/c1-5(19)7-8(20)12(2,13)9(21-7)6-3-15-11-10(14)16-4-17-18(6)11/h3-5,7-9,19-20H,1-2H3,(H2,14,16,17)/t5-,7+,8+,9-,12+/m0/s1. The highest BCUT2D eigenvalue weighted by molar-refractivity contribution is 5.58. The maximum atomic E-state index is 14.9. The number of nitrogens with two attached hydrogens (primary N) is 1. The third kappa shape index (κ3) is 1.96. The molecule has 2 aromatic rings. The molecule has 1 fully saturated rings. The first kappa shape index (κ1) is 14.1. The first-order valence-electron chi connectivity index (χ1n) is 6.48. The molecule has 0 spiro atoms. The van der Waals surface area contributed by atoms with Gasteiger partial charge in [0.2, 0.25) is 0 Å². The van der Waals surface area contributed by atoms with Gasteiger partial charge in [0.1, 0.15) is 24.6 Å². The molecule has 0 unspecified atom stereocenters. The number of aliphatic hydroxyl groups excluding tert-OH is 2. The van der Waals surface area contributed by atoms with Crippen LogP contribution in [0.1, 0.15) is 25.6 Å². The number of ether oxygens (including phenoxy) is 1. The predicted octanol–water partition coefficient (Wildman–Crippen LogP) is -0.384. The van der Waals surface area contributed by atoms with Crippen LogP contribution < -0.4 is 5.73 Å². The maximum Gasteiger partial charge on any atom is 0.196 e. The Morgan fingerprint density at radius 2 is 2.24 bits per heavy atom. The van der Waals surface area contributed by atoms with Gasteiger partial charge in [-0.1, -0.05) is 0 Å². The van der Waals surface area contributed by atoms with Gasteiger partial charge in [-0.15, -0.1) is 0 Å². The van der Waals surface area contributed by atoms with Gasteiger partial charge in [-0.3, -0.25) is 0 Å². The van der Waals surface area contributed by atoms with Gasteiger partial charge in [-0.2, -0.15) is 5.10 Å². The molecule has 3 heterocycles. The van der Waals surface area contributed by atoms with E-state index in [-0.39, 0.29) is 11.5 Å². The summed E-state index contributed by atoms with van der Waals surface area (Å²) in [6.45, 7) is 2.65. The third-order valence-electron chi connectivity index (χ3n) is 3.80. The molecular weight excluding hydrogens is 281 g/mol. The second-order valence-corrected chi connectivity index (χ2v) is 5.38. The van der Waals surface area contributed by atoms with E-state index in [0.29, 0.717) is 5.69 Å². The Balaban J connectivity index is 2.08. The molecule has 1 aliphatic heterocycles. The van der Waals surface area contributed by atoms with Crippen LogP contribution >= 0.6 is 0 Å². The van der Waals surface area contributed by atoms with Crippen molar-refractivity contribution < 1.29 is 19.3 Å². The van der Waals surface area contributed by atoms with Gasteiger partial charge < -0.3 is 20.7 Å². The summed E-state index contributed by atoms with van der Waals surface area (Å²) in [5.74, 6) is 0.155. The topological polar surface area (TPSA) is 119 Å². The van der Waals surface area contributed by atoms with E-state index in [1.165, 1.54) is 30.9 Å². The number of hydrogen-bond donors (Lipinski definition) is 3.